The minimum atomic E-state index is -0.878. The van der Waals surface area contributed by atoms with Crippen molar-refractivity contribution in [2.75, 3.05) is 7.11 Å². The zero-order chi connectivity index (χ0) is 20.3. The molecule has 0 amide bonds. The molecule has 0 spiro atoms. The Morgan fingerprint density at radius 2 is 1.93 bits per heavy atom. The normalized spacial score (nSPS) is 28.1. The molecular formula is C22H38O5. The van der Waals surface area contributed by atoms with Crippen molar-refractivity contribution in [1.82, 2.24) is 0 Å². The van der Waals surface area contributed by atoms with Gasteiger partial charge >= 0.3 is 5.97 Å². The molecule has 1 aliphatic carbocycles. The first-order valence-corrected chi connectivity index (χ1v) is 10.3. The average molecular weight is 383 g/mol. The molecule has 0 heterocycles. The summed E-state index contributed by atoms with van der Waals surface area (Å²) in [6.07, 6.45) is 13.4. The van der Waals surface area contributed by atoms with Crippen LogP contribution in [0.5, 0.6) is 0 Å². The number of ether oxygens (including phenoxy) is 1. The van der Waals surface area contributed by atoms with Crippen molar-refractivity contribution in [2.45, 2.75) is 89.4 Å². The van der Waals surface area contributed by atoms with Gasteiger partial charge in [0.15, 0.2) is 0 Å². The minimum absolute atomic E-state index is 0.0560. The molecule has 156 valence electrons. The summed E-state index contributed by atoms with van der Waals surface area (Å²) in [5, 5.41) is 31.1. The maximum atomic E-state index is 11.1. The van der Waals surface area contributed by atoms with Gasteiger partial charge in [0, 0.05) is 18.8 Å². The van der Waals surface area contributed by atoms with Gasteiger partial charge in [0.1, 0.15) is 0 Å². The lowest BCUT2D eigenvalue weighted by atomic mass is 9.88. The van der Waals surface area contributed by atoms with Crippen molar-refractivity contribution in [3.63, 3.8) is 0 Å². The van der Waals surface area contributed by atoms with Gasteiger partial charge < -0.3 is 20.1 Å². The van der Waals surface area contributed by atoms with E-state index in [1.165, 1.54) is 7.11 Å². The molecule has 0 bridgehead atoms. The Bertz CT molecular complexity index is 483. The van der Waals surface area contributed by atoms with E-state index in [1.807, 2.05) is 18.2 Å². The maximum absolute atomic E-state index is 11.1. The first kappa shape index (κ1) is 23.9. The number of hydrogen-bond donors (Lipinski definition) is 3. The number of carbonyl (C=O) groups is 1. The third-order valence-corrected chi connectivity index (χ3v) is 5.43. The molecule has 27 heavy (non-hydrogen) atoms. The van der Waals surface area contributed by atoms with Crippen LogP contribution in [0.25, 0.3) is 0 Å². The number of aliphatic hydroxyl groups excluding tert-OH is 2. The summed E-state index contributed by atoms with van der Waals surface area (Å²) in [7, 11) is 1.39. The van der Waals surface area contributed by atoms with Gasteiger partial charge in [0.05, 0.1) is 24.9 Å². The van der Waals surface area contributed by atoms with Gasteiger partial charge in [-0.15, -0.1) is 0 Å². The second-order valence-corrected chi connectivity index (χ2v) is 7.96. The lowest BCUT2D eigenvalue weighted by molar-refractivity contribution is -0.140. The number of hydrogen-bond acceptors (Lipinski definition) is 5. The van der Waals surface area contributed by atoms with Crippen molar-refractivity contribution >= 4 is 5.97 Å². The van der Waals surface area contributed by atoms with E-state index < -0.39 is 17.8 Å². The van der Waals surface area contributed by atoms with Crippen LogP contribution in [0.1, 0.15) is 71.6 Å². The van der Waals surface area contributed by atoms with E-state index in [1.54, 1.807) is 13.0 Å². The second-order valence-electron chi connectivity index (χ2n) is 7.96. The van der Waals surface area contributed by atoms with Crippen molar-refractivity contribution in [3.8, 4) is 0 Å². The van der Waals surface area contributed by atoms with Crippen LogP contribution in [0.3, 0.4) is 0 Å². The molecule has 1 aliphatic rings. The predicted octanol–water partition coefficient (Wildman–Crippen LogP) is 3.52. The van der Waals surface area contributed by atoms with Crippen molar-refractivity contribution < 1.29 is 24.9 Å². The minimum Gasteiger partial charge on any atom is -0.469 e. The number of aliphatic hydroxyl groups is 3. The fraction of sp³-hybridized carbons (Fsp3) is 0.773. The number of esters is 1. The Morgan fingerprint density at radius 3 is 2.59 bits per heavy atom. The van der Waals surface area contributed by atoms with Gasteiger partial charge in [-0.2, -0.15) is 0 Å². The molecule has 0 aromatic carbocycles. The van der Waals surface area contributed by atoms with Crippen LogP contribution in [-0.4, -0.2) is 46.2 Å². The summed E-state index contributed by atoms with van der Waals surface area (Å²) >= 11 is 0. The third-order valence-electron chi connectivity index (χ3n) is 5.43. The highest BCUT2D eigenvalue weighted by Gasteiger charge is 2.39. The van der Waals surface area contributed by atoms with E-state index >= 15 is 0 Å². The van der Waals surface area contributed by atoms with E-state index in [4.69, 9.17) is 0 Å². The van der Waals surface area contributed by atoms with Crippen LogP contribution in [0, 0.1) is 11.8 Å². The number of unbranched alkanes of at least 4 members (excludes halogenated alkanes) is 3. The van der Waals surface area contributed by atoms with Crippen LogP contribution in [0.2, 0.25) is 0 Å². The van der Waals surface area contributed by atoms with Crippen LogP contribution in [0.4, 0.5) is 0 Å². The number of methoxy groups -OCH3 is 1. The van der Waals surface area contributed by atoms with Gasteiger partial charge in [0.25, 0.3) is 0 Å². The number of rotatable bonds is 12. The summed E-state index contributed by atoms with van der Waals surface area (Å²) in [4.78, 5) is 11.1. The van der Waals surface area contributed by atoms with Gasteiger partial charge in [0.2, 0.25) is 0 Å². The molecule has 1 rings (SSSR count). The lowest BCUT2D eigenvalue weighted by Crippen LogP contribution is -2.24. The maximum Gasteiger partial charge on any atom is 0.305 e. The van der Waals surface area contributed by atoms with Gasteiger partial charge in [-0.3, -0.25) is 4.79 Å². The van der Waals surface area contributed by atoms with Gasteiger partial charge in [-0.25, -0.2) is 0 Å². The van der Waals surface area contributed by atoms with E-state index in [2.05, 4.69) is 11.7 Å². The highest BCUT2D eigenvalue weighted by Crippen LogP contribution is 2.37. The zero-order valence-electron chi connectivity index (χ0n) is 17.1. The molecule has 0 aromatic heterocycles. The topological polar surface area (TPSA) is 87.0 Å². The molecule has 1 fully saturated rings. The Kier molecular flexibility index (Phi) is 10.9. The fourth-order valence-corrected chi connectivity index (χ4v) is 3.68. The Hall–Kier alpha value is -1.17. The molecule has 5 nitrogen and oxygen atoms in total. The van der Waals surface area contributed by atoms with Crippen molar-refractivity contribution in [2.24, 2.45) is 11.8 Å². The first-order chi connectivity index (χ1) is 12.8. The van der Waals surface area contributed by atoms with E-state index in [-0.39, 0.29) is 17.8 Å². The molecule has 0 saturated heterocycles. The molecule has 1 saturated carbocycles. The standard InChI is InChI=1S/C22H38O5/c1-4-5-10-14-22(2,26)15-13-18-17(19(23)16-20(18)24)11-8-6-7-9-12-21(25)27-3/h6,8,13,15,17-20,23-24,26H,4-5,7,9-12,14,16H2,1-3H3/t17?,18-,19+,20-,22?/m1/s1. The van der Waals surface area contributed by atoms with Crippen LogP contribution in [0.15, 0.2) is 24.3 Å². The summed E-state index contributed by atoms with van der Waals surface area (Å²) < 4.78 is 4.61. The fourth-order valence-electron chi connectivity index (χ4n) is 3.68. The zero-order valence-corrected chi connectivity index (χ0v) is 17.1. The second kappa shape index (κ2) is 12.3. The van der Waals surface area contributed by atoms with Crippen LogP contribution < -0.4 is 0 Å². The first-order valence-electron chi connectivity index (χ1n) is 10.3. The molecule has 3 N–H and O–H groups in total. The molecule has 0 aliphatic heterocycles. The quantitative estimate of drug-likeness (QED) is 0.273. The molecule has 0 radical (unpaired) electrons. The molecule has 0 aromatic rings. The van der Waals surface area contributed by atoms with E-state index in [0.29, 0.717) is 25.7 Å². The number of carbonyl (C=O) groups excluding carboxylic acids is 1. The van der Waals surface area contributed by atoms with Gasteiger partial charge in [-0.05, 0) is 38.5 Å². The molecular weight excluding hydrogens is 344 g/mol. The summed E-state index contributed by atoms with van der Waals surface area (Å²) in [5.41, 5.74) is -0.878. The lowest BCUT2D eigenvalue weighted by Gasteiger charge is -2.23. The molecule has 2 unspecified atom stereocenters. The monoisotopic (exact) mass is 382 g/mol. The predicted molar refractivity (Wildman–Crippen MR) is 107 cm³/mol. The van der Waals surface area contributed by atoms with Crippen LogP contribution >= 0.6 is 0 Å². The number of allylic oxidation sites excluding steroid dienone is 2. The Labute approximate surface area is 164 Å². The van der Waals surface area contributed by atoms with Crippen molar-refractivity contribution in [3.05, 3.63) is 24.3 Å². The largest absolute Gasteiger partial charge is 0.469 e. The third kappa shape index (κ3) is 9.04. The Morgan fingerprint density at radius 1 is 1.19 bits per heavy atom. The van der Waals surface area contributed by atoms with Gasteiger partial charge in [-0.1, -0.05) is 50.5 Å². The summed E-state index contributed by atoms with van der Waals surface area (Å²) in [6, 6.07) is 0. The summed E-state index contributed by atoms with van der Waals surface area (Å²) in [5.74, 6) is -0.411. The SMILES string of the molecule is CCCCCC(C)(O)C=C[C@@H]1C(CC=CCCCC(=O)OC)[C@@H](O)C[C@H]1O. The highest BCUT2D eigenvalue weighted by atomic mass is 16.5. The summed E-state index contributed by atoms with van der Waals surface area (Å²) in [6.45, 7) is 3.93. The van der Waals surface area contributed by atoms with E-state index in [0.717, 1.165) is 32.1 Å². The average Bonchev–Trinajstić information content (AvgIpc) is 2.89. The van der Waals surface area contributed by atoms with Crippen LogP contribution in [-0.2, 0) is 9.53 Å². The smallest absolute Gasteiger partial charge is 0.305 e. The highest BCUT2D eigenvalue weighted by molar-refractivity contribution is 5.69. The van der Waals surface area contributed by atoms with Crippen molar-refractivity contribution in [1.29, 1.82) is 0 Å². The van der Waals surface area contributed by atoms with E-state index in [9.17, 15) is 20.1 Å². The Balaban J connectivity index is 2.54. The molecule has 5 heteroatoms. The molecule has 5 atom stereocenters.